The van der Waals surface area contributed by atoms with Crippen LogP contribution in [0, 0.1) is 13.8 Å². The molecule has 0 saturated carbocycles. The third-order valence-electron chi connectivity index (χ3n) is 4.64. The van der Waals surface area contributed by atoms with Gasteiger partial charge in [0.25, 0.3) is 0 Å². The Morgan fingerprint density at radius 1 is 0.844 bits per heavy atom. The highest BCUT2D eigenvalue weighted by Gasteiger charge is 2.07. The molecule has 0 radical (unpaired) electrons. The van der Waals surface area contributed by atoms with E-state index >= 15 is 0 Å². The van der Waals surface area contributed by atoms with Gasteiger partial charge in [-0.25, -0.2) is 0 Å². The number of benzene rings is 2. The van der Waals surface area contributed by atoms with Crippen molar-refractivity contribution in [2.24, 2.45) is 5.16 Å². The molecule has 174 valence electrons. The zero-order valence-corrected chi connectivity index (χ0v) is 19.6. The van der Waals surface area contributed by atoms with Gasteiger partial charge >= 0.3 is 0 Å². The first kappa shape index (κ1) is 25.3. The van der Waals surface area contributed by atoms with Crippen molar-refractivity contribution >= 4 is 6.21 Å². The smallest absolute Gasteiger partial charge is 0.127 e. The number of nitrogens with zero attached hydrogens (tertiary/aromatic N) is 1. The van der Waals surface area contributed by atoms with Gasteiger partial charge in [0, 0.05) is 6.61 Å². The summed E-state index contributed by atoms with van der Waals surface area (Å²) in [6.45, 7) is 9.00. The summed E-state index contributed by atoms with van der Waals surface area (Å²) in [5, 5.41) is 3.63. The molecule has 0 aromatic heterocycles. The second-order valence-corrected chi connectivity index (χ2v) is 7.30. The normalized spacial score (nSPS) is 11.2. The molecule has 0 aliphatic heterocycles. The van der Waals surface area contributed by atoms with Crippen molar-refractivity contribution in [1.29, 1.82) is 0 Å². The Morgan fingerprint density at radius 2 is 1.53 bits per heavy atom. The molecule has 6 nitrogen and oxygen atoms in total. The van der Waals surface area contributed by atoms with Crippen LogP contribution in [0.1, 0.15) is 36.5 Å². The monoisotopic (exact) mass is 441 g/mol. The van der Waals surface area contributed by atoms with E-state index in [2.05, 4.69) is 23.8 Å². The fourth-order valence-corrected chi connectivity index (χ4v) is 3.05. The lowest BCUT2D eigenvalue weighted by Crippen LogP contribution is -2.04. The van der Waals surface area contributed by atoms with Gasteiger partial charge in [0.05, 0.1) is 19.4 Å². The molecule has 0 heterocycles. The topological polar surface area (TPSA) is 58.5 Å². The quantitative estimate of drug-likeness (QED) is 0.155. The Morgan fingerprint density at radius 3 is 2.22 bits per heavy atom. The average Bonchev–Trinajstić information content (AvgIpc) is 2.78. The van der Waals surface area contributed by atoms with Crippen LogP contribution in [0.2, 0.25) is 0 Å². The van der Waals surface area contributed by atoms with Crippen LogP contribution in [-0.4, -0.2) is 39.8 Å². The fourth-order valence-electron chi connectivity index (χ4n) is 3.05. The second-order valence-electron chi connectivity index (χ2n) is 7.30. The lowest BCUT2D eigenvalue weighted by atomic mass is 10.1. The lowest BCUT2D eigenvalue weighted by molar-refractivity contribution is 0.113. The predicted molar refractivity (Wildman–Crippen MR) is 128 cm³/mol. The van der Waals surface area contributed by atoms with Gasteiger partial charge in [0.15, 0.2) is 0 Å². The number of hydrogen-bond donors (Lipinski definition) is 0. The molecule has 6 heteroatoms. The summed E-state index contributed by atoms with van der Waals surface area (Å²) < 4.78 is 23.0. The van der Waals surface area contributed by atoms with Crippen molar-refractivity contribution in [3.8, 4) is 17.2 Å². The minimum Gasteiger partial charge on any atom is -0.493 e. The Kier molecular flexibility index (Phi) is 11.8. The second kappa shape index (κ2) is 14.9. The first-order chi connectivity index (χ1) is 15.6. The van der Waals surface area contributed by atoms with E-state index in [1.807, 2.05) is 55.5 Å². The predicted octanol–water partition coefficient (Wildman–Crippen LogP) is 5.65. The number of oxime groups is 1. The summed E-state index contributed by atoms with van der Waals surface area (Å²) in [5.41, 5.74) is 3.30. The minimum atomic E-state index is 0.374. The van der Waals surface area contributed by atoms with E-state index in [-0.39, 0.29) is 0 Å². The first-order valence-electron chi connectivity index (χ1n) is 11.0. The average molecular weight is 442 g/mol. The maximum atomic E-state index is 6.02. The SMILES string of the molecule is C/C=C/COc1cc(C)c(OCCCCOCc2ccc(OC/C=N/OC)cc2)c(C)c1. The van der Waals surface area contributed by atoms with Crippen molar-refractivity contribution in [3.63, 3.8) is 0 Å². The molecule has 2 aromatic carbocycles. The zero-order chi connectivity index (χ0) is 23.0. The van der Waals surface area contributed by atoms with Crippen LogP contribution in [0.3, 0.4) is 0 Å². The summed E-state index contributed by atoms with van der Waals surface area (Å²) in [4.78, 5) is 4.59. The number of hydrogen-bond acceptors (Lipinski definition) is 6. The van der Waals surface area contributed by atoms with Crippen LogP contribution in [0.15, 0.2) is 53.7 Å². The molecule has 2 aromatic rings. The van der Waals surface area contributed by atoms with Crippen LogP contribution in [0.4, 0.5) is 0 Å². The highest BCUT2D eigenvalue weighted by Crippen LogP contribution is 2.28. The van der Waals surface area contributed by atoms with E-state index < -0.39 is 0 Å². The number of ether oxygens (including phenoxy) is 4. The number of rotatable bonds is 15. The molecule has 0 aliphatic carbocycles. The van der Waals surface area contributed by atoms with E-state index in [0.29, 0.717) is 33.0 Å². The van der Waals surface area contributed by atoms with Crippen molar-refractivity contribution in [2.45, 2.75) is 40.2 Å². The summed E-state index contributed by atoms with van der Waals surface area (Å²) in [5.74, 6) is 2.61. The van der Waals surface area contributed by atoms with E-state index in [4.69, 9.17) is 18.9 Å². The van der Waals surface area contributed by atoms with Gasteiger partial charge in [-0.1, -0.05) is 29.4 Å². The van der Waals surface area contributed by atoms with Crippen molar-refractivity contribution < 1.29 is 23.8 Å². The molecule has 0 aliphatic rings. The van der Waals surface area contributed by atoms with Gasteiger partial charge in [-0.15, -0.1) is 0 Å². The van der Waals surface area contributed by atoms with Gasteiger partial charge in [-0.05, 0) is 74.6 Å². The van der Waals surface area contributed by atoms with Gasteiger partial charge in [0.2, 0.25) is 0 Å². The Balaban J connectivity index is 1.62. The molecule has 0 spiro atoms. The molecule has 2 rings (SSSR count). The maximum Gasteiger partial charge on any atom is 0.127 e. The van der Waals surface area contributed by atoms with E-state index in [1.165, 1.54) is 7.11 Å². The number of unbranched alkanes of at least 4 members (excludes halogenated alkanes) is 1. The molecule has 0 amide bonds. The molecule has 0 unspecified atom stereocenters. The van der Waals surface area contributed by atoms with Gasteiger partial charge in [-0.3, -0.25) is 0 Å². The summed E-state index contributed by atoms with van der Waals surface area (Å²) in [6, 6.07) is 11.9. The number of allylic oxidation sites excluding steroid dienone is 1. The van der Waals surface area contributed by atoms with E-state index in [0.717, 1.165) is 46.8 Å². The summed E-state index contributed by atoms with van der Waals surface area (Å²) in [7, 11) is 1.50. The molecular weight excluding hydrogens is 406 g/mol. The Labute approximate surface area is 191 Å². The lowest BCUT2D eigenvalue weighted by Gasteiger charge is -2.14. The largest absolute Gasteiger partial charge is 0.493 e. The first-order valence-corrected chi connectivity index (χ1v) is 11.0. The molecule has 32 heavy (non-hydrogen) atoms. The molecule has 0 bridgehead atoms. The van der Waals surface area contributed by atoms with Crippen LogP contribution < -0.4 is 14.2 Å². The third kappa shape index (κ3) is 9.43. The Bertz CT molecular complexity index is 823. The van der Waals surface area contributed by atoms with Crippen molar-refractivity contribution in [1.82, 2.24) is 0 Å². The zero-order valence-electron chi connectivity index (χ0n) is 19.6. The number of aryl methyl sites for hydroxylation is 2. The van der Waals surface area contributed by atoms with Crippen molar-refractivity contribution in [3.05, 3.63) is 65.2 Å². The van der Waals surface area contributed by atoms with Crippen LogP contribution >= 0.6 is 0 Å². The van der Waals surface area contributed by atoms with Gasteiger partial charge in [0.1, 0.15) is 37.6 Å². The molecule has 0 atom stereocenters. The minimum absolute atomic E-state index is 0.374. The van der Waals surface area contributed by atoms with E-state index in [1.54, 1.807) is 6.21 Å². The summed E-state index contributed by atoms with van der Waals surface area (Å²) in [6.07, 6.45) is 7.42. The third-order valence-corrected chi connectivity index (χ3v) is 4.64. The van der Waals surface area contributed by atoms with Crippen LogP contribution in [0.5, 0.6) is 17.2 Å². The molecular formula is C26H35NO5. The van der Waals surface area contributed by atoms with Gasteiger partial charge < -0.3 is 23.8 Å². The Hall–Kier alpha value is -2.99. The van der Waals surface area contributed by atoms with Gasteiger partial charge in [-0.2, -0.15) is 0 Å². The maximum absolute atomic E-state index is 6.02. The fraction of sp³-hybridized carbons (Fsp3) is 0.423. The van der Waals surface area contributed by atoms with E-state index in [9.17, 15) is 0 Å². The standard InChI is InChI=1S/C26H35NO5/c1-5-6-15-30-25-18-21(2)26(22(3)19-25)32-16-8-7-14-29-20-23-9-11-24(12-10-23)31-17-13-27-28-4/h5-6,9-13,18-19H,7-8,14-17,20H2,1-4H3/b6-5+,27-13+. The highest BCUT2D eigenvalue weighted by atomic mass is 16.6. The highest BCUT2D eigenvalue weighted by molar-refractivity contribution is 5.58. The van der Waals surface area contributed by atoms with Crippen LogP contribution in [-0.2, 0) is 16.2 Å². The molecule has 0 fully saturated rings. The van der Waals surface area contributed by atoms with Crippen LogP contribution in [0.25, 0.3) is 0 Å². The molecule has 0 saturated heterocycles. The molecule has 0 N–H and O–H groups in total. The van der Waals surface area contributed by atoms with Crippen molar-refractivity contribution in [2.75, 3.05) is 33.5 Å². The summed E-state index contributed by atoms with van der Waals surface area (Å²) >= 11 is 0.